The minimum Gasteiger partial charge on any atom is -0.490 e. The molecule has 1 aliphatic carbocycles. The van der Waals surface area contributed by atoms with E-state index in [0.717, 1.165) is 44.3 Å². The summed E-state index contributed by atoms with van der Waals surface area (Å²) in [5.74, 6) is 1.20. The molecule has 0 bridgehead atoms. The average molecular weight is 431 g/mol. The number of esters is 1. The molecule has 1 fully saturated rings. The van der Waals surface area contributed by atoms with E-state index in [1.807, 2.05) is 6.07 Å². The molecule has 0 amide bonds. The van der Waals surface area contributed by atoms with Crippen molar-refractivity contribution in [2.45, 2.75) is 135 Å². The smallest absolute Gasteiger partial charge is 0.306 e. The number of rotatable bonds is 15. The summed E-state index contributed by atoms with van der Waals surface area (Å²) in [4.78, 5) is 12.6. The van der Waals surface area contributed by atoms with E-state index < -0.39 is 0 Å². The Bertz CT molecular complexity index is 612. The van der Waals surface area contributed by atoms with E-state index in [9.17, 15) is 4.79 Å². The summed E-state index contributed by atoms with van der Waals surface area (Å²) in [6.45, 7) is 6.51. The summed E-state index contributed by atoms with van der Waals surface area (Å²) in [6, 6.07) is 8.34. The van der Waals surface area contributed by atoms with Crippen LogP contribution in [-0.2, 0) is 9.53 Å². The highest BCUT2D eigenvalue weighted by molar-refractivity contribution is 5.69. The van der Waals surface area contributed by atoms with Crippen LogP contribution in [0.15, 0.2) is 24.3 Å². The number of para-hydroxylation sites is 1. The third-order valence-electron chi connectivity index (χ3n) is 6.69. The lowest BCUT2D eigenvalue weighted by molar-refractivity contribution is -0.151. The number of hydrogen-bond acceptors (Lipinski definition) is 3. The van der Waals surface area contributed by atoms with Gasteiger partial charge in [0.2, 0.25) is 0 Å². The highest BCUT2D eigenvalue weighted by atomic mass is 16.5. The first-order valence-corrected chi connectivity index (χ1v) is 13.1. The van der Waals surface area contributed by atoms with Gasteiger partial charge in [0.15, 0.2) is 0 Å². The van der Waals surface area contributed by atoms with Gasteiger partial charge < -0.3 is 9.47 Å². The van der Waals surface area contributed by atoms with E-state index in [4.69, 9.17) is 9.47 Å². The number of unbranched alkanes of at least 4 members (excludes halogenated alkanes) is 8. The van der Waals surface area contributed by atoms with Crippen molar-refractivity contribution in [1.29, 1.82) is 0 Å². The van der Waals surface area contributed by atoms with Crippen molar-refractivity contribution in [3.8, 4) is 5.75 Å². The maximum absolute atomic E-state index is 12.6. The van der Waals surface area contributed by atoms with Gasteiger partial charge in [0.25, 0.3) is 0 Å². The van der Waals surface area contributed by atoms with Crippen molar-refractivity contribution in [2.24, 2.45) is 0 Å². The molecule has 0 aromatic heterocycles. The topological polar surface area (TPSA) is 35.5 Å². The molecule has 1 aromatic carbocycles. The Balaban J connectivity index is 1.78. The van der Waals surface area contributed by atoms with Crippen molar-refractivity contribution >= 4 is 5.97 Å². The molecule has 1 unspecified atom stereocenters. The Morgan fingerprint density at radius 3 is 2.29 bits per heavy atom. The SMILES string of the molecule is CCCCCCCCCCCC(=O)O[C@@H]1CCCC[C@H]1c1ccccc1OC(C)CC. The number of carbonyl (C=O) groups is 1. The van der Waals surface area contributed by atoms with Crippen molar-refractivity contribution in [2.75, 3.05) is 0 Å². The first-order chi connectivity index (χ1) is 15.2. The fourth-order valence-corrected chi connectivity index (χ4v) is 4.60. The summed E-state index contributed by atoms with van der Waals surface area (Å²) >= 11 is 0. The lowest BCUT2D eigenvalue weighted by Crippen LogP contribution is -2.29. The molecule has 176 valence electrons. The van der Waals surface area contributed by atoms with E-state index in [-0.39, 0.29) is 24.1 Å². The predicted molar refractivity (Wildman–Crippen MR) is 130 cm³/mol. The molecule has 3 nitrogen and oxygen atoms in total. The van der Waals surface area contributed by atoms with Crippen molar-refractivity contribution in [3.63, 3.8) is 0 Å². The van der Waals surface area contributed by atoms with Crippen LogP contribution in [0.5, 0.6) is 5.75 Å². The van der Waals surface area contributed by atoms with Gasteiger partial charge in [-0.15, -0.1) is 0 Å². The lowest BCUT2D eigenvalue weighted by Gasteiger charge is -2.33. The third kappa shape index (κ3) is 9.66. The van der Waals surface area contributed by atoms with Crippen LogP contribution in [-0.4, -0.2) is 18.2 Å². The fraction of sp³-hybridized carbons (Fsp3) is 0.750. The molecule has 1 aromatic rings. The first kappa shape index (κ1) is 25.7. The van der Waals surface area contributed by atoms with Crippen LogP contribution in [0.4, 0.5) is 0 Å². The first-order valence-electron chi connectivity index (χ1n) is 13.1. The summed E-state index contributed by atoms with van der Waals surface area (Å²) < 4.78 is 12.2. The molecular formula is C28H46O3. The molecule has 3 atom stereocenters. The highest BCUT2D eigenvalue weighted by Crippen LogP contribution is 2.39. The summed E-state index contributed by atoms with van der Waals surface area (Å²) in [5.41, 5.74) is 1.21. The Hall–Kier alpha value is -1.51. The van der Waals surface area contributed by atoms with Crippen LogP contribution in [0, 0.1) is 0 Å². The van der Waals surface area contributed by atoms with E-state index in [1.165, 1.54) is 56.9 Å². The van der Waals surface area contributed by atoms with Crippen molar-refractivity contribution in [1.82, 2.24) is 0 Å². The summed E-state index contributed by atoms with van der Waals surface area (Å²) in [6.07, 6.45) is 17.5. The molecule has 0 radical (unpaired) electrons. The van der Waals surface area contributed by atoms with Gasteiger partial charge in [-0.05, 0) is 45.1 Å². The van der Waals surface area contributed by atoms with E-state index in [0.29, 0.717) is 6.42 Å². The second-order valence-electron chi connectivity index (χ2n) is 9.37. The number of hydrogen-bond donors (Lipinski definition) is 0. The van der Waals surface area contributed by atoms with Gasteiger partial charge in [-0.2, -0.15) is 0 Å². The quantitative estimate of drug-likeness (QED) is 0.207. The molecule has 2 rings (SSSR count). The maximum Gasteiger partial charge on any atom is 0.306 e. The molecule has 0 spiro atoms. The van der Waals surface area contributed by atoms with Crippen LogP contribution in [0.1, 0.15) is 129 Å². The molecule has 0 aliphatic heterocycles. The largest absolute Gasteiger partial charge is 0.490 e. The molecule has 0 saturated heterocycles. The van der Waals surface area contributed by atoms with E-state index in [2.05, 4.69) is 39.0 Å². The van der Waals surface area contributed by atoms with Crippen molar-refractivity contribution in [3.05, 3.63) is 29.8 Å². The minimum atomic E-state index is -0.0137. The van der Waals surface area contributed by atoms with E-state index >= 15 is 0 Å². The fourth-order valence-electron chi connectivity index (χ4n) is 4.60. The van der Waals surface area contributed by atoms with Gasteiger partial charge in [0.1, 0.15) is 11.9 Å². The second-order valence-corrected chi connectivity index (χ2v) is 9.37. The molecule has 31 heavy (non-hydrogen) atoms. The normalized spacial score (nSPS) is 19.7. The van der Waals surface area contributed by atoms with Crippen molar-refractivity contribution < 1.29 is 14.3 Å². The van der Waals surface area contributed by atoms with Crippen LogP contribution >= 0.6 is 0 Å². The molecule has 1 aliphatic rings. The maximum atomic E-state index is 12.6. The zero-order chi connectivity index (χ0) is 22.3. The van der Waals surface area contributed by atoms with Crippen LogP contribution in [0.3, 0.4) is 0 Å². The van der Waals surface area contributed by atoms with Crippen LogP contribution in [0.25, 0.3) is 0 Å². The minimum absolute atomic E-state index is 0.0125. The Morgan fingerprint density at radius 2 is 1.58 bits per heavy atom. The van der Waals surface area contributed by atoms with Crippen LogP contribution in [0.2, 0.25) is 0 Å². The number of ether oxygens (including phenoxy) is 2. The zero-order valence-electron chi connectivity index (χ0n) is 20.4. The molecule has 3 heteroatoms. The van der Waals surface area contributed by atoms with Gasteiger partial charge in [-0.3, -0.25) is 4.79 Å². The third-order valence-corrected chi connectivity index (χ3v) is 6.69. The number of benzene rings is 1. The highest BCUT2D eigenvalue weighted by Gasteiger charge is 2.31. The van der Waals surface area contributed by atoms with Gasteiger partial charge in [-0.1, -0.05) is 89.8 Å². The second kappa shape index (κ2) is 15.3. The predicted octanol–water partition coefficient (Wildman–Crippen LogP) is 8.35. The summed E-state index contributed by atoms with van der Waals surface area (Å²) in [5, 5.41) is 0. The number of carbonyl (C=O) groups excluding carboxylic acids is 1. The van der Waals surface area contributed by atoms with Gasteiger partial charge >= 0.3 is 5.97 Å². The standard InChI is InChI=1S/C28H46O3/c1-4-6-7-8-9-10-11-12-13-22-28(29)31-27-21-17-15-19-25(27)24-18-14-16-20-26(24)30-23(3)5-2/h14,16,18,20,23,25,27H,4-13,15,17,19,21-22H2,1-3H3/t23?,25-,27+/m0/s1. The van der Waals surface area contributed by atoms with Gasteiger partial charge in [-0.25, -0.2) is 0 Å². The monoisotopic (exact) mass is 430 g/mol. The molecule has 0 heterocycles. The molecular weight excluding hydrogens is 384 g/mol. The Kier molecular flexibility index (Phi) is 12.7. The van der Waals surface area contributed by atoms with Gasteiger partial charge in [0, 0.05) is 17.9 Å². The molecule has 0 N–H and O–H groups in total. The Labute approximate surface area is 191 Å². The summed E-state index contributed by atoms with van der Waals surface area (Å²) in [7, 11) is 0. The molecule has 1 saturated carbocycles. The lowest BCUT2D eigenvalue weighted by atomic mass is 9.81. The average Bonchev–Trinajstić information content (AvgIpc) is 2.79. The zero-order valence-corrected chi connectivity index (χ0v) is 20.4. The Morgan fingerprint density at radius 1 is 0.935 bits per heavy atom. The van der Waals surface area contributed by atoms with E-state index in [1.54, 1.807) is 0 Å². The van der Waals surface area contributed by atoms with Gasteiger partial charge in [0.05, 0.1) is 6.10 Å². The van der Waals surface area contributed by atoms with Crippen LogP contribution < -0.4 is 4.74 Å².